The second kappa shape index (κ2) is 7.84. The van der Waals surface area contributed by atoms with E-state index in [1.165, 1.54) is 24.0 Å². The lowest BCUT2D eigenvalue weighted by atomic mass is 10.2. The van der Waals surface area contributed by atoms with Crippen molar-refractivity contribution in [3.05, 3.63) is 53.4 Å². The number of pyridine rings is 1. The van der Waals surface area contributed by atoms with Gasteiger partial charge in [0.15, 0.2) is 11.0 Å². The summed E-state index contributed by atoms with van der Waals surface area (Å²) in [6.07, 6.45) is 1.46. The number of benzene rings is 1. The van der Waals surface area contributed by atoms with Crippen LogP contribution in [-0.4, -0.2) is 30.9 Å². The summed E-state index contributed by atoms with van der Waals surface area (Å²) in [5.74, 6) is 0.203. The predicted molar refractivity (Wildman–Crippen MR) is 99.6 cm³/mol. The lowest BCUT2D eigenvalue weighted by Crippen LogP contribution is -2.23. The van der Waals surface area contributed by atoms with Gasteiger partial charge in [0.05, 0.1) is 15.8 Å². The zero-order valence-electron chi connectivity index (χ0n) is 14.0. The minimum absolute atomic E-state index is 0.236. The number of halogens is 2. The van der Waals surface area contributed by atoms with Gasteiger partial charge in [0.1, 0.15) is 11.6 Å². The van der Waals surface area contributed by atoms with Gasteiger partial charge in [0.25, 0.3) is 0 Å². The van der Waals surface area contributed by atoms with E-state index >= 15 is 0 Å². The van der Waals surface area contributed by atoms with Crippen molar-refractivity contribution in [1.29, 1.82) is 0 Å². The van der Waals surface area contributed by atoms with Crippen molar-refractivity contribution < 1.29 is 9.18 Å². The molecule has 134 valence electrons. The number of hydrogen-bond donors (Lipinski definition) is 1. The van der Waals surface area contributed by atoms with E-state index in [0.717, 1.165) is 0 Å². The Labute approximate surface area is 158 Å². The third kappa shape index (κ3) is 4.03. The lowest BCUT2D eigenvalue weighted by molar-refractivity contribution is -0.115. The molecule has 0 radical (unpaired) electrons. The van der Waals surface area contributed by atoms with Crippen molar-refractivity contribution in [3.8, 4) is 11.4 Å². The topological polar surface area (TPSA) is 72.7 Å². The molecule has 2 heterocycles. The van der Waals surface area contributed by atoms with E-state index in [0.29, 0.717) is 27.4 Å². The molecule has 0 aliphatic carbocycles. The van der Waals surface area contributed by atoms with Crippen molar-refractivity contribution >= 4 is 35.1 Å². The first-order valence-corrected chi connectivity index (χ1v) is 8.95. The van der Waals surface area contributed by atoms with Gasteiger partial charge in [-0.05, 0) is 31.2 Å². The molecule has 9 heteroatoms. The number of nitrogens with zero attached hydrogens (tertiary/aromatic N) is 4. The van der Waals surface area contributed by atoms with E-state index in [1.807, 2.05) is 0 Å². The molecule has 26 heavy (non-hydrogen) atoms. The molecule has 0 unspecified atom stereocenters. The maximum atomic E-state index is 14.0. The van der Waals surface area contributed by atoms with Crippen LogP contribution in [0, 0.1) is 5.82 Å². The Morgan fingerprint density at radius 1 is 1.27 bits per heavy atom. The van der Waals surface area contributed by atoms with Crippen LogP contribution >= 0.6 is 23.4 Å². The van der Waals surface area contributed by atoms with Gasteiger partial charge in [-0.3, -0.25) is 4.79 Å². The average molecular weight is 392 g/mol. The van der Waals surface area contributed by atoms with Crippen LogP contribution < -0.4 is 5.32 Å². The van der Waals surface area contributed by atoms with Crippen LogP contribution in [0.2, 0.25) is 5.02 Å². The Kier molecular flexibility index (Phi) is 5.53. The molecule has 2 aromatic heterocycles. The smallest absolute Gasteiger partial charge is 0.238 e. The van der Waals surface area contributed by atoms with Crippen molar-refractivity contribution in [2.75, 3.05) is 5.32 Å². The van der Waals surface area contributed by atoms with Gasteiger partial charge in [0.2, 0.25) is 5.91 Å². The molecule has 0 bridgehead atoms. The van der Waals surface area contributed by atoms with E-state index in [-0.39, 0.29) is 11.7 Å². The summed E-state index contributed by atoms with van der Waals surface area (Å²) >= 11 is 7.00. The SMILES string of the molecule is C[C@H](Sc1nnc(-c2ccccc2F)n1C)C(=O)Nc1ccc(Cl)cn1. The predicted octanol–water partition coefficient (Wildman–Crippen LogP) is 3.79. The molecular formula is C17H15ClFN5OS. The quantitative estimate of drug-likeness (QED) is 0.670. The Bertz CT molecular complexity index is 931. The fraction of sp³-hybridized carbons (Fsp3) is 0.176. The zero-order chi connectivity index (χ0) is 18.7. The molecule has 3 aromatic rings. The number of anilines is 1. The highest BCUT2D eigenvalue weighted by Crippen LogP contribution is 2.27. The van der Waals surface area contributed by atoms with Crippen LogP contribution in [0.15, 0.2) is 47.8 Å². The second-order valence-electron chi connectivity index (χ2n) is 5.46. The van der Waals surface area contributed by atoms with Crippen molar-refractivity contribution in [1.82, 2.24) is 19.7 Å². The molecular weight excluding hydrogens is 377 g/mol. The molecule has 0 spiro atoms. The fourth-order valence-electron chi connectivity index (χ4n) is 2.18. The molecule has 3 rings (SSSR count). The monoisotopic (exact) mass is 391 g/mol. The van der Waals surface area contributed by atoms with Crippen molar-refractivity contribution in [2.45, 2.75) is 17.3 Å². The van der Waals surface area contributed by atoms with Crippen LogP contribution in [0.25, 0.3) is 11.4 Å². The third-order valence-corrected chi connectivity index (χ3v) is 4.94. The van der Waals surface area contributed by atoms with Gasteiger partial charge < -0.3 is 9.88 Å². The van der Waals surface area contributed by atoms with Gasteiger partial charge in [-0.15, -0.1) is 10.2 Å². The van der Waals surface area contributed by atoms with Gasteiger partial charge in [-0.2, -0.15) is 0 Å². The zero-order valence-corrected chi connectivity index (χ0v) is 15.6. The molecule has 1 atom stereocenters. The van der Waals surface area contributed by atoms with E-state index in [9.17, 15) is 9.18 Å². The van der Waals surface area contributed by atoms with Crippen LogP contribution in [0.3, 0.4) is 0 Å². The molecule has 0 fully saturated rings. The van der Waals surface area contributed by atoms with E-state index < -0.39 is 5.25 Å². The van der Waals surface area contributed by atoms with Gasteiger partial charge in [-0.25, -0.2) is 9.37 Å². The fourth-order valence-corrected chi connectivity index (χ4v) is 3.11. The van der Waals surface area contributed by atoms with E-state index in [4.69, 9.17) is 11.6 Å². The molecule has 0 aliphatic heterocycles. The van der Waals surface area contributed by atoms with Crippen molar-refractivity contribution in [2.24, 2.45) is 7.05 Å². The largest absolute Gasteiger partial charge is 0.310 e. The number of thioether (sulfide) groups is 1. The Balaban J connectivity index is 1.71. The summed E-state index contributed by atoms with van der Waals surface area (Å²) in [7, 11) is 1.73. The van der Waals surface area contributed by atoms with Crippen LogP contribution in [-0.2, 0) is 11.8 Å². The molecule has 1 N–H and O–H groups in total. The summed E-state index contributed by atoms with van der Waals surface area (Å²) in [6.45, 7) is 1.74. The standard InChI is InChI=1S/C17H15ClFN5OS/c1-10(16(25)21-14-8-7-11(18)9-20-14)26-17-23-22-15(24(17)2)12-5-3-4-6-13(12)19/h3-10H,1-2H3,(H,20,21,25)/t10-/m0/s1. The first-order valence-electron chi connectivity index (χ1n) is 7.69. The van der Waals surface area contributed by atoms with Gasteiger partial charge in [-0.1, -0.05) is 35.5 Å². The maximum Gasteiger partial charge on any atom is 0.238 e. The minimum Gasteiger partial charge on any atom is -0.310 e. The highest BCUT2D eigenvalue weighted by Gasteiger charge is 2.20. The number of amides is 1. The maximum absolute atomic E-state index is 14.0. The summed E-state index contributed by atoms with van der Waals surface area (Å²) in [4.78, 5) is 16.4. The van der Waals surface area contributed by atoms with Crippen LogP contribution in [0.1, 0.15) is 6.92 Å². The number of carbonyl (C=O) groups excluding carboxylic acids is 1. The highest BCUT2D eigenvalue weighted by atomic mass is 35.5. The van der Waals surface area contributed by atoms with Crippen LogP contribution in [0.5, 0.6) is 0 Å². The summed E-state index contributed by atoms with van der Waals surface area (Å²) in [6, 6.07) is 9.61. The number of aromatic nitrogens is 4. The number of rotatable bonds is 5. The number of nitrogens with one attached hydrogen (secondary N) is 1. The highest BCUT2D eigenvalue weighted by molar-refractivity contribution is 8.00. The van der Waals surface area contributed by atoms with E-state index in [1.54, 1.807) is 48.9 Å². The van der Waals surface area contributed by atoms with Crippen molar-refractivity contribution in [3.63, 3.8) is 0 Å². The summed E-state index contributed by atoms with van der Waals surface area (Å²) in [5.41, 5.74) is 0.358. The molecule has 1 amide bonds. The number of hydrogen-bond acceptors (Lipinski definition) is 5. The second-order valence-corrected chi connectivity index (χ2v) is 7.20. The summed E-state index contributed by atoms with van der Waals surface area (Å²) < 4.78 is 15.6. The number of carbonyl (C=O) groups is 1. The lowest BCUT2D eigenvalue weighted by Gasteiger charge is -2.11. The van der Waals surface area contributed by atoms with Gasteiger partial charge >= 0.3 is 0 Å². The van der Waals surface area contributed by atoms with Crippen LogP contribution in [0.4, 0.5) is 10.2 Å². The normalized spacial score (nSPS) is 12.0. The third-order valence-electron chi connectivity index (χ3n) is 3.58. The molecule has 6 nitrogen and oxygen atoms in total. The molecule has 0 aliphatic rings. The molecule has 0 saturated heterocycles. The Morgan fingerprint density at radius 3 is 2.73 bits per heavy atom. The molecule has 0 saturated carbocycles. The minimum atomic E-state index is -0.455. The van der Waals surface area contributed by atoms with Gasteiger partial charge in [0, 0.05) is 13.2 Å². The Hall–Kier alpha value is -2.45. The molecule has 1 aromatic carbocycles. The first-order chi connectivity index (χ1) is 12.5. The first kappa shape index (κ1) is 18.3. The Morgan fingerprint density at radius 2 is 2.04 bits per heavy atom. The van der Waals surface area contributed by atoms with E-state index in [2.05, 4.69) is 20.5 Å². The average Bonchev–Trinajstić information content (AvgIpc) is 2.98. The summed E-state index contributed by atoms with van der Waals surface area (Å²) in [5, 5.41) is 11.4.